The molecule has 0 saturated heterocycles. The van der Waals surface area contributed by atoms with Gasteiger partial charge in [0, 0.05) is 17.0 Å². The van der Waals surface area contributed by atoms with Crippen molar-refractivity contribution >= 4 is 22.3 Å². The monoisotopic (exact) mass is 305 g/mol. The molecule has 8 heteroatoms. The van der Waals surface area contributed by atoms with Gasteiger partial charge >= 0.3 is 5.97 Å². The van der Waals surface area contributed by atoms with E-state index in [1.54, 1.807) is 26.4 Å². The van der Waals surface area contributed by atoms with Crippen LogP contribution >= 0.6 is 11.3 Å². The number of fused-ring (bicyclic) bond motifs is 1. The summed E-state index contributed by atoms with van der Waals surface area (Å²) in [5, 5.41) is 18.6. The molecule has 3 aromatic rings. The summed E-state index contributed by atoms with van der Waals surface area (Å²) in [5.74, 6) is -0.0165. The van der Waals surface area contributed by atoms with Gasteiger partial charge in [0.05, 0.1) is 19.9 Å². The third-order valence-corrected chi connectivity index (χ3v) is 3.84. The molecule has 0 saturated carbocycles. The lowest BCUT2D eigenvalue weighted by molar-refractivity contribution is 0.0682. The number of thiazole rings is 1. The van der Waals surface area contributed by atoms with Crippen molar-refractivity contribution in [2.24, 2.45) is 0 Å². The van der Waals surface area contributed by atoms with E-state index in [-0.39, 0.29) is 5.82 Å². The maximum absolute atomic E-state index is 11.2. The summed E-state index contributed by atoms with van der Waals surface area (Å²) in [6, 6.07) is 5.33. The number of methoxy groups -OCH3 is 2. The highest BCUT2D eigenvalue weighted by atomic mass is 32.1. The molecule has 108 valence electrons. The van der Waals surface area contributed by atoms with Gasteiger partial charge in [-0.3, -0.25) is 4.40 Å². The molecule has 0 aliphatic carbocycles. The molecule has 3 rings (SSSR count). The minimum absolute atomic E-state index is 0.126. The van der Waals surface area contributed by atoms with Crippen LogP contribution in [0.1, 0.15) is 10.6 Å². The van der Waals surface area contributed by atoms with Crippen LogP contribution in [-0.4, -0.2) is 39.9 Å². The first-order valence-corrected chi connectivity index (χ1v) is 6.82. The van der Waals surface area contributed by atoms with E-state index in [9.17, 15) is 9.90 Å². The van der Waals surface area contributed by atoms with Crippen LogP contribution in [0.4, 0.5) is 0 Å². The van der Waals surface area contributed by atoms with Crippen molar-refractivity contribution in [3.8, 4) is 22.8 Å². The molecule has 0 aliphatic rings. The Hall–Kier alpha value is -2.61. The lowest BCUT2D eigenvalue weighted by Crippen LogP contribution is -2.04. The number of aromatic carboxylic acids is 1. The van der Waals surface area contributed by atoms with Crippen molar-refractivity contribution in [3.63, 3.8) is 0 Å². The molecule has 0 aliphatic heterocycles. The fourth-order valence-electron chi connectivity index (χ4n) is 2.06. The summed E-state index contributed by atoms with van der Waals surface area (Å²) in [6.45, 7) is 0. The highest BCUT2D eigenvalue weighted by Crippen LogP contribution is 2.35. The molecule has 7 nitrogen and oxygen atoms in total. The Balaban J connectivity index is 2.25. The summed E-state index contributed by atoms with van der Waals surface area (Å²) in [5.41, 5.74) is 1.41. The first-order valence-electron chi connectivity index (χ1n) is 5.94. The number of hydrogen-bond acceptors (Lipinski definition) is 6. The molecule has 0 radical (unpaired) electrons. The van der Waals surface area contributed by atoms with Crippen LogP contribution in [-0.2, 0) is 0 Å². The van der Waals surface area contributed by atoms with Crippen molar-refractivity contribution in [2.75, 3.05) is 14.2 Å². The number of nitrogens with zero attached hydrogens (tertiary/aromatic N) is 3. The maximum Gasteiger partial charge on any atom is 0.374 e. The van der Waals surface area contributed by atoms with E-state index < -0.39 is 5.97 Å². The second-order valence-corrected chi connectivity index (χ2v) is 4.97. The lowest BCUT2D eigenvalue weighted by Gasteiger charge is -2.10. The predicted molar refractivity (Wildman–Crippen MR) is 76.4 cm³/mol. The topological polar surface area (TPSA) is 86.0 Å². The Labute approximate surface area is 123 Å². The normalized spacial score (nSPS) is 10.8. The Morgan fingerprint density at radius 1 is 1.29 bits per heavy atom. The standard InChI is InChI=1S/C13H11N3O4S/c1-19-7-3-4-8(10(5-7)20-2)9-6-21-13-15-14-11(12(17)18)16(9)13/h3-6H,1-2H3,(H,17,18). The minimum Gasteiger partial charge on any atom is -0.497 e. The summed E-state index contributed by atoms with van der Waals surface area (Å²) in [7, 11) is 3.12. The van der Waals surface area contributed by atoms with Crippen LogP contribution in [0.3, 0.4) is 0 Å². The molecule has 0 fully saturated rings. The molecule has 0 atom stereocenters. The van der Waals surface area contributed by atoms with E-state index in [4.69, 9.17) is 9.47 Å². The van der Waals surface area contributed by atoms with Crippen LogP contribution in [0.5, 0.6) is 11.5 Å². The average Bonchev–Trinajstić information content (AvgIpc) is 3.07. The van der Waals surface area contributed by atoms with Gasteiger partial charge in [0.2, 0.25) is 10.8 Å². The predicted octanol–water partition coefficient (Wildman–Crippen LogP) is 2.17. The fourth-order valence-corrected chi connectivity index (χ4v) is 2.88. The number of carboxylic acids is 1. The molecule has 0 bridgehead atoms. The number of carboxylic acid groups (broad SMARTS) is 1. The Bertz CT molecular complexity index is 824. The minimum atomic E-state index is -1.13. The van der Waals surface area contributed by atoms with Gasteiger partial charge in [-0.15, -0.1) is 21.5 Å². The van der Waals surface area contributed by atoms with E-state index >= 15 is 0 Å². The Morgan fingerprint density at radius 2 is 2.10 bits per heavy atom. The highest BCUT2D eigenvalue weighted by molar-refractivity contribution is 7.15. The van der Waals surface area contributed by atoms with Crippen LogP contribution in [0, 0.1) is 0 Å². The average molecular weight is 305 g/mol. The molecular formula is C13H11N3O4S. The van der Waals surface area contributed by atoms with Gasteiger partial charge < -0.3 is 14.6 Å². The molecule has 0 unspecified atom stereocenters. The van der Waals surface area contributed by atoms with E-state index in [1.807, 2.05) is 11.4 Å². The van der Waals surface area contributed by atoms with Gasteiger partial charge in [0.25, 0.3) is 0 Å². The summed E-state index contributed by atoms with van der Waals surface area (Å²) < 4.78 is 12.0. The first kappa shape index (κ1) is 13.4. The summed E-state index contributed by atoms with van der Waals surface area (Å²) in [6.07, 6.45) is 0. The van der Waals surface area contributed by atoms with E-state index in [0.717, 1.165) is 5.56 Å². The number of ether oxygens (including phenoxy) is 2. The second kappa shape index (κ2) is 5.06. The Morgan fingerprint density at radius 3 is 2.76 bits per heavy atom. The van der Waals surface area contributed by atoms with Crippen LogP contribution in [0.2, 0.25) is 0 Å². The van der Waals surface area contributed by atoms with Crippen LogP contribution in [0.25, 0.3) is 16.2 Å². The van der Waals surface area contributed by atoms with Crippen LogP contribution < -0.4 is 9.47 Å². The lowest BCUT2D eigenvalue weighted by atomic mass is 10.1. The van der Waals surface area contributed by atoms with Gasteiger partial charge in [-0.1, -0.05) is 0 Å². The number of aromatic nitrogens is 3. The number of rotatable bonds is 4. The molecule has 1 aromatic carbocycles. The highest BCUT2D eigenvalue weighted by Gasteiger charge is 2.20. The van der Waals surface area contributed by atoms with Crippen molar-refractivity contribution in [2.45, 2.75) is 0 Å². The van der Waals surface area contributed by atoms with Gasteiger partial charge in [0.15, 0.2) is 0 Å². The third-order valence-electron chi connectivity index (χ3n) is 3.03. The molecule has 0 spiro atoms. The first-order chi connectivity index (χ1) is 10.2. The largest absolute Gasteiger partial charge is 0.497 e. The Kier molecular flexibility index (Phi) is 3.22. The van der Waals surface area contributed by atoms with Gasteiger partial charge in [-0.05, 0) is 12.1 Å². The molecule has 21 heavy (non-hydrogen) atoms. The summed E-state index contributed by atoms with van der Waals surface area (Å²) in [4.78, 5) is 11.8. The zero-order chi connectivity index (χ0) is 15.0. The molecule has 0 amide bonds. The van der Waals surface area contributed by atoms with Crippen molar-refractivity contribution < 1.29 is 19.4 Å². The molecular weight excluding hydrogens is 294 g/mol. The number of benzene rings is 1. The van der Waals surface area contributed by atoms with E-state index in [2.05, 4.69) is 10.2 Å². The second-order valence-electron chi connectivity index (χ2n) is 4.13. The van der Waals surface area contributed by atoms with Gasteiger partial charge in [0.1, 0.15) is 11.5 Å². The fraction of sp³-hybridized carbons (Fsp3) is 0.154. The van der Waals surface area contributed by atoms with Crippen LogP contribution in [0.15, 0.2) is 23.6 Å². The quantitative estimate of drug-likeness (QED) is 0.795. The zero-order valence-corrected chi connectivity index (χ0v) is 12.0. The molecule has 1 N–H and O–H groups in total. The van der Waals surface area contributed by atoms with E-state index in [0.29, 0.717) is 22.2 Å². The van der Waals surface area contributed by atoms with Crippen molar-refractivity contribution in [1.82, 2.24) is 14.6 Å². The molecule has 2 heterocycles. The zero-order valence-electron chi connectivity index (χ0n) is 11.2. The summed E-state index contributed by atoms with van der Waals surface area (Å²) >= 11 is 1.32. The SMILES string of the molecule is COc1ccc(-c2csc3nnc(C(=O)O)n23)c(OC)c1. The van der Waals surface area contributed by atoms with Gasteiger partial charge in [-0.25, -0.2) is 4.79 Å². The van der Waals surface area contributed by atoms with Crippen molar-refractivity contribution in [3.05, 3.63) is 29.4 Å². The molecule has 2 aromatic heterocycles. The maximum atomic E-state index is 11.2. The number of carbonyl (C=O) groups is 1. The van der Waals surface area contributed by atoms with E-state index in [1.165, 1.54) is 15.7 Å². The number of hydrogen-bond donors (Lipinski definition) is 1. The third kappa shape index (κ3) is 2.09. The van der Waals surface area contributed by atoms with Gasteiger partial charge in [-0.2, -0.15) is 0 Å². The van der Waals surface area contributed by atoms with Crippen molar-refractivity contribution in [1.29, 1.82) is 0 Å². The smallest absolute Gasteiger partial charge is 0.374 e.